The number of aromatic carboxylic acids is 1. The summed E-state index contributed by atoms with van der Waals surface area (Å²) in [4.78, 5) is 33.0. The summed E-state index contributed by atoms with van der Waals surface area (Å²) in [6.07, 6.45) is 3.65. The maximum Gasteiger partial charge on any atom is 0.343 e. The van der Waals surface area contributed by atoms with E-state index in [2.05, 4.69) is 0 Å². The van der Waals surface area contributed by atoms with Gasteiger partial charge in [0.15, 0.2) is 5.56 Å². The number of nitrogens with zero attached hydrogens (tertiary/aromatic N) is 1. The number of carbonyl (C=O) groups excluding carboxylic acids is 1. The molecule has 7 heteroatoms. The molecule has 0 bridgehead atoms. The highest BCUT2D eigenvalue weighted by Gasteiger charge is 2.27. The molecule has 0 aliphatic heterocycles. The Morgan fingerprint density at radius 3 is 2.57 bits per heavy atom. The van der Waals surface area contributed by atoms with Gasteiger partial charge in [0.05, 0.1) is 17.1 Å². The minimum absolute atomic E-state index is 0.167. The Balaban J connectivity index is 2.86. The van der Waals surface area contributed by atoms with Gasteiger partial charge in [0, 0.05) is 6.07 Å². The average molecular weight is 295 g/mol. The van der Waals surface area contributed by atoms with E-state index in [0.29, 0.717) is 6.42 Å². The van der Waals surface area contributed by atoms with Crippen LogP contribution >= 0.6 is 0 Å². The van der Waals surface area contributed by atoms with Crippen molar-refractivity contribution in [1.29, 1.82) is 0 Å². The van der Waals surface area contributed by atoms with Crippen LogP contribution in [0.3, 0.4) is 0 Å². The smallest absolute Gasteiger partial charge is 0.343 e. The third kappa shape index (κ3) is 4.55. The molecular formula is C14H17NO6. The van der Waals surface area contributed by atoms with E-state index in [9.17, 15) is 19.7 Å². The van der Waals surface area contributed by atoms with E-state index >= 15 is 0 Å². The number of rotatable bonds is 8. The van der Waals surface area contributed by atoms with Crippen molar-refractivity contribution >= 4 is 17.6 Å². The third-order valence-electron chi connectivity index (χ3n) is 2.90. The number of carbonyl (C=O) groups is 2. The van der Waals surface area contributed by atoms with Gasteiger partial charge in [0.2, 0.25) is 0 Å². The summed E-state index contributed by atoms with van der Waals surface area (Å²) in [6.45, 7) is 2.22. The van der Waals surface area contributed by atoms with Gasteiger partial charge in [0.1, 0.15) is 0 Å². The SMILES string of the molecule is CCCCCCOC(=O)c1cccc([N+](=O)[O-])c1C(=O)O. The molecule has 0 aliphatic rings. The number of carboxylic acid groups (broad SMARTS) is 1. The van der Waals surface area contributed by atoms with Gasteiger partial charge in [-0.1, -0.05) is 32.3 Å². The molecular weight excluding hydrogens is 278 g/mol. The highest BCUT2D eigenvalue weighted by molar-refractivity contribution is 6.05. The number of nitro groups is 1. The number of nitro benzene ring substituents is 1. The molecule has 1 N–H and O–H groups in total. The van der Waals surface area contributed by atoms with Gasteiger partial charge >= 0.3 is 11.9 Å². The molecule has 0 radical (unpaired) electrons. The number of esters is 1. The maximum absolute atomic E-state index is 11.9. The van der Waals surface area contributed by atoms with Gasteiger partial charge in [-0.2, -0.15) is 0 Å². The zero-order chi connectivity index (χ0) is 15.8. The van der Waals surface area contributed by atoms with Gasteiger partial charge in [-0.3, -0.25) is 10.1 Å². The predicted octanol–water partition coefficient (Wildman–Crippen LogP) is 3.03. The number of carboxylic acids is 1. The average Bonchev–Trinajstić information content (AvgIpc) is 2.45. The van der Waals surface area contributed by atoms with Crippen LogP contribution < -0.4 is 0 Å². The molecule has 0 unspecified atom stereocenters. The van der Waals surface area contributed by atoms with Crippen molar-refractivity contribution in [3.05, 3.63) is 39.4 Å². The highest BCUT2D eigenvalue weighted by Crippen LogP contribution is 2.23. The lowest BCUT2D eigenvalue weighted by atomic mass is 10.1. The number of unbranched alkanes of at least 4 members (excludes halogenated alkanes) is 3. The number of hydrogen-bond acceptors (Lipinski definition) is 5. The molecule has 0 heterocycles. The van der Waals surface area contributed by atoms with Crippen LogP contribution in [-0.2, 0) is 4.74 Å². The second kappa shape index (κ2) is 7.98. The highest BCUT2D eigenvalue weighted by atomic mass is 16.6. The van der Waals surface area contributed by atoms with Crippen LogP contribution in [0, 0.1) is 10.1 Å². The lowest BCUT2D eigenvalue weighted by Crippen LogP contribution is -2.14. The molecule has 1 rings (SSSR count). The van der Waals surface area contributed by atoms with Gasteiger partial charge < -0.3 is 9.84 Å². The van der Waals surface area contributed by atoms with E-state index < -0.39 is 28.1 Å². The first-order chi connectivity index (χ1) is 9.99. The largest absolute Gasteiger partial charge is 0.477 e. The first-order valence-electron chi connectivity index (χ1n) is 6.66. The fourth-order valence-corrected chi connectivity index (χ4v) is 1.86. The molecule has 1 aromatic carbocycles. The summed E-state index contributed by atoms with van der Waals surface area (Å²) in [7, 11) is 0. The topological polar surface area (TPSA) is 107 Å². The number of hydrogen-bond donors (Lipinski definition) is 1. The molecule has 21 heavy (non-hydrogen) atoms. The molecule has 0 saturated heterocycles. The van der Waals surface area contributed by atoms with Crippen molar-refractivity contribution in [2.45, 2.75) is 32.6 Å². The molecule has 7 nitrogen and oxygen atoms in total. The molecule has 0 spiro atoms. The van der Waals surface area contributed by atoms with Crippen LogP contribution in [0.1, 0.15) is 53.3 Å². The van der Waals surface area contributed by atoms with Crippen LogP contribution in [0.5, 0.6) is 0 Å². The Bertz CT molecular complexity index is 540. The first-order valence-corrected chi connectivity index (χ1v) is 6.66. The fraction of sp³-hybridized carbons (Fsp3) is 0.429. The minimum Gasteiger partial charge on any atom is -0.477 e. The Morgan fingerprint density at radius 1 is 1.29 bits per heavy atom. The number of benzene rings is 1. The molecule has 1 aromatic rings. The summed E-state index contributed by atoms with van der Waals surface area (Å²) in [6, 6.07) is 3.52. The van der Waals surface area contributed by atoms with E-state index in [1.165, 1.54) is 12.1 Å². The van der Waals surface area contributed by atoms with Crippen molar-refractivity contribution in [2.75, 3.05) is 6.61 Å². The van der Waals surface area contributed by atoms with Crippen molar-refractivity contribution < 1.29 is 24.4 Å². The van der Waals surface area contributed by atoms with E-state index in [1.807, 2.05) is 6.92 Å². The molecule has 0 fully saturated rings. The maximum atomic E-state index is 11.9. The van der Waals surface area contributed by atoms with Gasteiger partial charge in [-0.05, 0) is 12.5 Å². The Hall–Kier alpha value is -2.44. The van der Waals surface area contributed by atoms with Crippen LogP contribution in [-0.4, -0.2) is 28.6 Å². The predicted molar refractivity (Wildman–Crippen MR) is 74.5 cm³/mol. The lowest BCUT2D eigenvalue weighted by Gasteiger charge is -2.07. The van der Waals surface area contributed by atoms with Gasteiger partial charge in [-0.15, -0.1) is 0 Å². The normalized spacial score (nSPS) is 10.1. The second-order valence-corrected chi connectivity index (χ2v) is 4.46. The van der Waals surface area contributed by atoms with Crippen LogP contribution in [0.2, 0.25) is 0 Å². The Morgan fingerprint density at radius 2 is 2.00 bits per heavy atom. The van der Waals surface area contributed by atoms with Crippen LogP contribution in [0.15, 0.2) is 18.2 Å². The van der Waals surface area contributed by atoms with E-state index in [0.717, 1.165) is 25.3 Å². The second-order valence-electron chi connectivity index (χ2n) is 4.46. The summed E-state index contributed by atoms with van der Waals surface area (Å²) in [5.41, 5.74) is -1.56. The monoisotopic (exact) mass is 295 g/mol. The fourth-order valence-electron chi connectivity index (χ4n) is 1.86. The summed E-state index contributed by atoms with van der Waals surface area (Å²) in [5.74, 6) is -2.38. The Kier molecular flexibility index (Phi) is 6.32. The first kappa shape index (κ1) is 16.6. The molecule has 0 amide bonds. The van der Waals surface area contributed by atoms with E-state index in [1.54, 1.807) is 0 Å². The van der Waals surface area contributed by atoms with Gasteiger partial charge in [-0.25, -0.2) is 9.59 Å². The van der Waals surface area contributed by atoms with Crippen molar-refractivity contribution in [1.82, 2.24) is 0 Å². The molecule has 0 aromatic heterocycles. The summed E-state index contributed by atoms with van der Waals surface area (Å²) >= 11 is 0. The molecule has 0 saturated carbocycles. The van der Waals surface area contributed by atoms with Crippen molar-refractivity contribution in [3.8, 4) is 0 Å². The van der Waals surface area contributed by atoms with E-state index in [4.69, 9.17) is 9.84 Å². The van der Waals surface area contributed by atoms with Crippen molar-refractivity contribution in [2.24, 2.45) is 0 Å². The minimum atomic E-state index is -1.53. The van der Waals surface area contributed by atoms with E-state index in [-0.39, 0.29) is 12.2 Å². The van der Waals surface area contributed by atoms with Crippen LogP contribution in [0.4, 0.5) is 5.69 Å². The standard InChI is InChI=1S/C14H17NO6/c1-2-3-4-5-9-21-14(18)10-7-6-8-11(15(19)20)12(10)13(16)17/h6-8H,2-5,9H2,1H3,(H,16,17). The quantitative estimate of drug-likeness (QED) is 0.342. The summed E-state index contributed by atoms with van der Waals surface area (Å²) in [5, 5.41) is 19.9. The molecule has 114 valence electrons. The lowest BCUT2D eigenvalue weighted by molar-refractivity contribution is -0.385. The molecule has 0 atom stereocenters. The number of ether oxygens (including phenoxy) is 1. The van der Waals surface area contributed by atoms with Crippen LogP contribution in [0.25, 0.3) is 0 Å². The Labute approximate surface area is 121 Å². The zero-order valence-electron chi connectivity index (χ0n) is 11.7. The molecule has 0 aliphatic carbocycles. The van der Waals surface area contributed by atoms with Crippen molar-refractivity contribution in [3.63, 3.8) is 0 Å². The zero-order valence-corrected chi connectivity index (χ0v) is 11.7. The summed E-state index contributed by atoms with van der Waals surface area (Å²) < 4.78 is 4.98. The third-order valence-corrected chi connectivity index (χ3v) is 2.90. The van der Waals surface area contributed by atoms with Gasteiger partial charge in [0.25, 0.3) is 5.69 Å².